The molecule has 0 atom stereocenters. The number of rotatable bonds is 8. The van der Waals surface area contributed by atoms with Crippen LogP contribution in [0.3, 0.4) is 0 Å². The van der Waals surface area contributed by atoms with E-state index in [4.69, 9.17) is 4.74 Å². The van der Waals surface area contributed by atoms with Crippen LogP contribution in [0, 0.1) is 0 Å². The summed E-state index contributed by atoms with van der Waals surface area (Å²) in [5, 5.41) is 0. The highest BCUT2D eigenvalue weighted by atomic mass is 16.5. The molecule has 0 saturated carbocycles. The number of esters is 1. The van der Waals surface area contributed by atoms with Crippen LogP contribution in [0.5, 0.6) is 0 Å². The van der Waals surface area contributed by atoms with Crippen LogP contribution in [0.25, 0.3) is 0 Å². The van der Waals surface area contributed by atoms with Crippen molar-refractivity contribution in [1.29, 1.82) is 0 Å². The Morgan fingerprint density at radius 2 is 2.20 bits per heavy atom. The second-order valence-electron chi connectivity index (χ2n) is 4.37. The second-order valence-corrected chi connectivity index (χ2v) is 4.37. The zero-order valence-corrected chi connectivity index (χ0v) is 12.2. The molecule has 0 bridgehead atoms. The maximum atomic E-state index is 12.5. The van der Waals surface area contributed by atoms with Gasteiger partial charge in [-0.05, 0) is 25.5 Å². The molecule has 0 aliphatic heterocycles. The predicted molar refractivity (Wildman–Crippen MR) is 77.5 cm³/mol. The molecule has 0 aliphatic carbocycles. The van der Waals surface area contributed by atoms with Crippen LogP contribution < -0.4 is 0 Å². The molecule has 0 fully saturated rings. The molecule has 1 heterocycles. The van der Waals surface area contributed by atoms with Crippen LogP contribution in [0.4, 0.5) is 0 Å². The van der Waals surface area contributed by atoms with Gasteiger partial charge in [-0.15, -0.1) is 6.58 Å². The number of hydrogen-bond acceptors (Lipinski definition) is 3. The highest BCUT2D eigenvalue weighted by Gasteiger charge is 2.20. The van der Waals surface area contributed by atoms with Crippen molar-refractivity contribution >= 4 is 11.9 Å². The minimum Gasteiger partial charge on any atom is -0.465 e. The summed E-state index contributed by atoms with van der Waals surface area (Å²) in [6, 6.07) is 3.60. The normalized spacial score (nSPS) is 10.1. The van der Waals surface area contributed by atoms with Crippen LogP contribution in [0.2, 0.25) is 0 Å². The standard InChI is InChI=1S/C15H22N2O3/c1-4-9-16-11-7-8-13(16)15(19)17(10-5-2)12-14(18)20-6-3/h5,7-8,11H,2,4,6,9-10,12H2,1,3H3. The Kier molecular flexibility index (Phi) is 6.56. The zero-order chi connectivity index (χ0) is 15.0. The summed E-state index contributed by atoms with van der Waals surface area (Å²) >= 11 is 0. The van der Waals surface area contributed by atoms with E-state index in [-0.39, 0.29) is 12.5 Å². The van der Waals surface area contributed by atoms with E-state index in [0.717, 1.165) is 13.0 Å². The molecule has 1 aromatic rings. The summed E-state index contributed by atoms with van der Waals surface area (Å²) in [4.78, 5) is 25.5. The van der Waals surface area contributed by atoms with Gasteiger partial charge in [0.05, 0.1) is 6.61 Å². The predicted octanol–water partition coefficient (Wildman–Crippen LogP) is 2.09. The molecule has 1 rings (SSSR count). The van der Waals surface area contributed by atoms with Crippen LogP contribution in [0.15, 0.2) is 31.0 Å². The summed E-state index contributed by atoms with van der Waals surface area (Å²) in [6.45, 7) is 8.75. The van der Waals surface area contributed by atoms with Crippen molar-refractivity contribution in [1.82, 2.24) is 9.47 Å². The molecule has 5 nitrogen and oxygen atoms in total. The van der Waals surface area contributed by atoms with Gasteiger partial charge in [0.25, 0.3) is 5.91 Å². The molecule has 0 radical (unpaired) electrons. The minimum atomic E-state index is -0.406. The Bertz CT molecular complexity index is 465. The van der Waals surface area contributed by atoms with Gasteiger partial charge >= 0.3 is 5.97 Å². The first-order chi connectivity index (χ1) is 9.63. The van der Waals surface area contributed by atoms with Gasteiger partial charge in [-0.3, -0.25) is 9.59 Å². The van der Waals surface area contributed by atoms with Gasteiger partial charge in [-0.1, -0.05) is 13.0 Å². The first-order valence-electron chi connectivity index (χ1n) is 6.84. The summed E-state index contributed by atoms with van der Waals surface area (Å²) < 4.78 is 6.78. The van der Waals surface area contributed by atoms with Gasteiger partial charge in [0, 0.05) is 19.3 Å². The van der Waals surface area contributed by atoms with Gasteiger partial charge in [0.2, 0.25) is 0 Å². The summed E-state index contributed by atoms with van der Waals surface area (Å²) in [6.07, 6.45) is 4.41. The van der Waals surface area contributed by atoms with Crippen LogP contribution >= 0.6 is 0 Å². The third-order valence-corrected chi connectivity index (χ3v) is 2.78. The molecule has 0 unspecified atom stereocenters. The Morgan fingerprint density at radius 1 is 1.45 bits per heavy atom. The Labute approximate surface area is 119 Å². The van der Waals surface area contributed by atoms with Crippen molar-refractivity contribution < 1.29 is 14.3 Å². The number of aryl methyl sites for hydroxylation is 1. The van der Waals surface area contributed by atoms with E-state index in [0.29, 0.717) is 18.8 Å². The number of carbonyl (C=O) groups excluding carboxylic acids is 2. The van der Waals surface area contributed by atoms with Gasteiger partial charge in [-0.25, -0.2) is 0 Å². The van der Waals surface area contributed by atoms with Crippen molar-refractivity contribution in [2.24, 2.45) is 0 Å². The van der Waals surface area contributed by atoms with E-state index in [1.807, 2.05) is 23.8 Å². The molecule has 20 heavy (non-hydrogen) atoms. The number of nitrogens with zero attached hydrogens (tertiary/aromatic N) is 2. The molecule has 0 saturated heterocycles. The lowest BCUT2D eigenvalue weighted by molar-refractivity contribution is -0.143. The minimum absolute atomic E-state index is 0.0595. The fourth-order valence-corrected chi connectivity index (χ4v) is 1.94. The molecular weight excluding hydrogens is 256 g/mol. The van der Waals surface area contributed by atoms with Crippen LogP contribution in [-0.4, -0.2) is 41.0 Å². The lowest BCUT2D eigenvalue weighted by Crippen LogP contribution is -2.37. The van der Waals surface area contributed by atoms with Crippen molar-refractivity contribution in [3.8, 4) is 0 Å². The Hall–Kier alpha value is -2.04. The molecule has 1 aromatic heterocycles. The molecule has 0 N–H and O–H groups in total. The van der Waals surface area contributed by atoms with Crippen LogP contribution in [-0.2, 0) is 16.1 Å². The van der Waals surface area contributed by atoms with Crippen molar-refractivity contribution in [3.05, 3.63) is 36.7 Å². The maximum Gasteiger partial charge on any atom is 0.325 e. The van der Waals surface area contributed by atoms with Crippen LogP contribution in [0.1, 0.15) is 30.8 Å². The molecule has 5 heteroatoms. The zero-order valence-electron chi connectivity index (χ0n) is 12.2. The van der Waals surface area contributed by atoms with Gasteiger partial charge in [0.1, 0.15) is 12.2 Å². The van der Waals surface area contributed by atoms with Crippen molar-refractivity contribution in [2.75, 3.05) is 19.7 Å². The molecule has 0 aliphatic rings. The highest BCUT2D eigenvalue weighted by Crippen LogP contribution is 2.08. The lowest BCUT2D eigenvalue weighted by Gasteiger charge is -2.20. The average molecular weight is 278 g/mol. The third kappa shape index (κ3) is 4.26. The van der Waals surface area contributed by atoms with E-state index in [9.17, 15) is 9.59 Å². The quantitative estimate of drug-likeness (QED) is 0.540. The van der Waals surface area contributed by atoms with Crippen molar-refractivity contribution in [2.45, 2.75) is 26.8 Å². The molecule has 110 valence electrons. The monoisotopic (exact) mass is 278 g/mol. The summed E-state index contributed by atoms with van der Waals surface area (Å²) in [5.74, 6) is -0.590. The van der Waals surface area contributed by atoms with E-state index in [2.05, 4.69) is 6.58 Å². The molecular formula is C15H22N2O3. The van der Waals surface area contributed by atoms with E-state index >= 15 is 0 Å². The fraction of sp³-hybridized carbons (Fsp3) is 0.467. The number of aromatic nitrogens is 1. The third-order valence-electron chi connectivity index (χ3n) is 2.78. The lowest BCUT2D eigenvalue weighted by atomic mass is 10.3. The summed E-state index contributed by atoms with van der Waals surface area (Å²) in [7, 11) is 0. The number of carbonyl (C=O) groups is 2. The van der Waals surface area contributed by atoms with Gasteiger partial charge in [0.15, 0.2) is 0 Å². The largest absolute Gasteiger partial charge is 0.465 e. The van der Waals surface area contributed by atoms with E-state index in [1.165, 1.54) is 4.90 Å². The smallest absolute Gasteiger partial charge is 0.325 e. The number of hydrogen-bond donors (Lipinski definition) is 0. The maximum absolute atomic E-state index is 12.5. The van der Waals surface area contributed by atoms with Gasteiger partial charge in [-0.2, -0.15) is 0 Å². The van der Waals surface area contributed by atoms with E-state index < -0.39 is 5.97 Å². The number of amides is 1. The average Bonchev–Trinajstić information content (AvgIpc) is 2.86. The van der Waals surface area contributed by atoms with Gasteiger partial charge < -0.3 is 14.2 Å². The molecule has 0 spiro atoms. The molecule has 1 amide bonds. The number of ether oxygens (including phenoxy) is 1. The Balaban J connectivity index is 2.84. The first kappa shape index (κ1) is 16.0. The van der Waals surface area contributed by atoms with E-state index in [1.54, 1.807) is 19.1 Å². The topological polar surface area (TPSA) is 51.5 Å². The molecule has 0 aromatic carbocycles. The highest BCUT2D eigenvalue weighted by molar-refractivity contribution is 5.94. The Morgan fingerprint density at radius 3 is 2.80 bits per heavy atom. The first-order valence-corrected chi connectivity index (χ1v) is 6.84. The van der Waals surface area contributed by atoms with Crippen molar-refractivity contribution in [3.63, 3.8) is 0 Å². The second kappa shape index (κ2) is 8.19. The fourth-order valence-electron chi connectivity index (χ4n) is 1.94. The SMILES string of the molecule is C=CCN(CC(=O)OCC)C(=O)c1cccn1CCC. The summed E-state index contributed by atoms with van der Waals surface area (Å²) in [5.41, 5.74) is 0.581.